The van der Waals surface area contributed by atoms with Gasteiger partial charge in [-0.05, 0) is 24.3 Å². The predicted octanol–water partition coefficient (Wildman–Crippen LogP) is 1.70. The molecule has 0 bridgehead atoms. The standard InChI is InChI=1S/C10H16N2O/c1-7(2)8-5-11-12(6-8)9-3-10(13)4-9/h5-7,9-10,13H,3-4H2,1-2H3. The van der Waals surface area contributed by atoms with E-state index >= 15 is 0 Å². The van der Waals surface area contributed by atoms with Crippen LogP contribution < -0.4 is 0 Å². The van der Waals surface area contributed by atoms with E-state index < -0.39 is 0 Å². The minimum Gasteiger partial charge on any atom is -0.393 e. The van der Waals surface area contributed by atoms with E-state index in [-0.39, 0.29) is 6.10 Å². The molecule has 3 nitrogen and oxygen atoms in total. The van der Waals surface area contributed by atoms with Gasteiger partial charge in [-0.1, -0.05) is 13.8 Å². The Morgan fingerprint density at radius 2 is 2.23 bits per heavy atom. The van der Waals surface area contributed by atoms with Crippen molar-refractivity contribution in [1.29, 1.82) is 0 Å². The van der Waals surface area contributed by atoms with Crippen LogP contribution in [0.3, 0.4) is 0 Å². The lowest BCUT2D eigenvalue weighted by Gasteiger charge is -2.31. The summed E-state index contributed by atoms with van der Waals surface area (Å²) in [6.07, 6.45) is 5.64. The van der Waals surface area contributed by atoms with Crippen molar-refractivity contribution in [2.24, 2.45) is 0 Å². The number of rotatable bonds is 2. The summed E-state index contributed by atoms with van der Waals surface area (Å²) in [5.74, 6) is 0.541. The quantitative estimate of drug-likeness (QED) is 0.752. The number of aromatic nitrogens is 2. The molecule has 13 heavy (non-hydrogen) atoms. The fourth-order valence-corrected chi connectivity index (χ4v) is 1.63. The fraction of sp³-hybridized carbons (Fsp3) is 0.700. The summed E-state index contributed by atoms with van der Waals surface area (Å²) in [7, 11) is 0. The van der Waals surface area contributed by atoms with Gasteiger partial charge in [-0.15, -0.1) is 0 Å². The zero-order chi connectivity index (χ0) is 9.42. The fourth-order valence-electron chi connectivity index (χ4n) is 1.63. The van der Waals surface area contributed by atoms with Crippen molar-refractivity contribution in [2.45, 2.75) is 44.8 Å². The molecule has 2 rings (SSSR count). The molecular weight excluding hydrogens is 164 g/mol. The minimum atomic E-state index is -0.100. The van der Waals surface area contributed by atoms with Crippen molar-refractivity contribution in [3.63, 3.8) is 0 Å². The van der Waals surface area contributed by atoms with Crippen LogP contribution in [0.5, 0.6) is 0 Å². The zero-order valence-corrected chi connectivity index (χ0v) is 8.14. The van der Waals surface area contributed by atoms with E-state index in [0.29, 0.717) is 12.0 Å². The molecule has 1 aliphatic carbocycles. The van der Waals surface area contributed by atoms with Crippen molar-refractivity contribution in [3.05, 3.63) is 18.0 Å². The Hall–Kier alpha value is -0.830. The molecule has 0 radical (unpaired) electrons. The van der Waals surface area contributed by atoms with Gasteiger partial charge < -0.3 is 5.11 Å². The first kappa shape index (κ1) is 8.75. The first-order valence-electron chi connectivity index (χ1n) is 4.89. The third-order valence-electron chi connectivity index (χ3n) is 2.75. The lowest BCUT2D eigenvalue weighted by atomic mass is 9.90. The maximum Gasteiger partial charge on any atom is 0.0581 e. The van der Waals surface area contributed by atoms with Crippen molar-refractivity contribution in [2.75, 3.05) is 0 Å². The van der Waals surface area contributed by atoms with Crippen molar-refractivity contribution >= 4 is 0 Å². The van der Waals surface area contributed by atoms with Crippen LogP contribution in [-0.2, 0) is 0 Å². The SMILES string of the molecule is CC(C)c1cnn(C2CC(O)C2)c1. The Bertz CT molecular complexity index is 287. The van der Waals surface area contributed by atoms with Gasteiger partial charge in [0.05, 0.1) is 18.3 Å². The van der Waals surface area contributed by atoms with Crippen molar-refractivity contribution < 1.29 is 5.11 Å². The number of hydrogen-bond donors (Lipinski definition) is 1. The molecule has 72 valence electrons. The lowest BCUT2D eigenvalue weighted by molar-refractivity contribution is 0.0434. The van der Waals surface area contributed by atoms with E-state index in [9.17, 15) is 0 Å². The zero-order valence-electron chi connectivity index (χ0n) is 8.14. The smallest absolute Gasteiger partial charge is 0.0581 e. The van der Waals surface area contributed by atoms with E-state index in [2.05, 4.69) is 25.1 Å². The van der Waals surface area contributed by atoms with Crippen LogP contribution in [0, 0.1) is 0 Å². The molecule has 0 spiro atoms. The second kappa shape index (κ2) is 3.14. The van der Waals surface area contributed by atoms with Crippen molar-refractivity contribution in [1.82, 2.24) is 9.78 Å². The number of hydrogen-bond acceptors (Lipinski definition) is 2. The summed E-state index contributed by atoms with van der Waals surface area (Å²) in [5.41, 5.74) is 1.28. The van der Waals surface area contributed by atoms with E-state index in [1.807, 2.05) is 10.9 Å². The van der Waals surface area contributed by atoms with Gasteiger partial charge >= 0.3 is 0 Å². The molecule has 1 saturated carbocycles. The molecule has 0 aliphatic heterocycles. The van der Waals surface area contributed by atoms with E-state index in [1.165, 1.54) is 5.56 Å². The molecule has 1 aromatic heterocycles. The second-order valence-corrected chi connectivity index (χ2v) is 4.19. The van der Waals surface area contributed by atoms with Gasteiger partial charge in [-0.2, -0.15) is 5.10 Å². The van der Waals surface area contributed by atoms with Crippen LogP contribution in [0.4, 0.5) is 0 Å². The van der Waals surface area contributed by atoms with E-state index in [0.717, 1.165) is 12.8 Å². The average Bonchev–Trinajstić information content (AvgIpc) is 2.46. The highest BCUT2D eigenvalue weighted by Crippen LogP contribution is 2.31. The molecule has 0 amide bonds. The largest absolute Gasteiger partial charge is 0.393 e. The molecule has 1 N–H and O–H groups in total. The van der Waals surface area contributed by atoms with Crippen LogP contribution in [-0.4, -0.2) is 21.0 Å². The minimum absolute atomic E-state index is 0.100. The van der Waals surface area contributed by atoms with E-state index in [4.69, 9.17) is 5.11 Å². The lowest BCUT2D eigenvalue weighted by Crippen LogP contribution is -2.31. The molecule has 0 unspecified atom stereocenters. The van der Waals surface area contributed by atoms with Crippen LogP contribution in [0.2, 0.25) is 0 Å². The maximum absolute atomic E-state index is 9.15. The Morgan fingerprint density at radius 3 is 2.69 bits per heavy atom. The van der Waals surface area contributed by atoms with Gasteiger partial charge in [-0.25, -0.2) is 0 Å². The molecule has 0 saturated heterocycles. The number of aliphatic hydroxyl groups is 1. The Kier molecular flexibility index (Phi) is 2.12. The highest BCUT2D eigenvalue weighted by molar-refractivity contribution is 5.09. The summed E-state index contributed by atoms with van der Waals surface area (Å²) in [4.78, 5) is 0. The monoisotopic (exact) mass is 180 g/mol. The predicted molar refractivity (Wildman–Crippen MR) is 50.6 cm³/mol. The Labute approximate surface area is 78.4 Å². The van der Waals surface area contributed by atoms with Crippen LogP contribution >= 0.6 is 0 Å². The van der Waals surface area contributed by atoms with E-state index in [1.54, 1.807) is 0 Å². The first-order valence-corrected chi connectivity index (χ1v) is 4.89. The van der Waals surface area contributed by atoms with Crippen LogP contribution in [0.25, 0.3) is 0 Å². The van der Waals surface area contributed by atoms with Gasteiger partial charge in [0.15, 0.2) is 0 Å². The molecule has 1 aliphatic rings. The highest BCUT2D eigenvalue weighted by Gasteiger charge is 2.29. The molecule has 1 aromatic rings. The average molecular weight is 180 g/mol. The number of aliphatic hydroxyl groups excluding tert-OH is 1. The summed E-state index contributed by atoms with van der Waals surface area (Å²) in [6, 6.07) is 0.433. The van der Waals surface area contributed by atoms with Gasteiger partial charge in [0, 0.05) is 6.20 Å². The molecule has 1 fully saturated rings. The van der Waals surface area contributed by atoms with Gasteiger partial charge in [-0.3, -0.25) is 4.68 Å². The Morgan fingerprint density at radius 1 is 1.54 bits per heavy atom. The molecule has 1 heterocycles. The van der Waals surface area contributed by atoms with Crippen LogP contribution in [0.1, 0.15) is 44.2 Å². The second-order valence-electron chi connectivity index (χ2n) is 4.19. The van der Waals surface area contributed by atoms with Crippen LogP contribution in [0.15, 0.2) is 12.4 Å². The summed E-state index contributed by atoms with van der Waals surface area (Å²) < 4.78 is 1.99. The topological polar surface area (TPSA) is 38.0 Å². The maximum atomic E-state index is 9.15. The summed E-state index contributed by atoms with van der Waals surface area (Å²) >= 11 is 0. The summed E-state index contributed by atoms with van der Waals surface area (Å²) in [6.45, 7) is 4.33. The first-order chi connectivity index (χ1) is 6.16. The normalized spacial score (nSPS) is 27.7. The van der Waals surface area contributed by atoms with Gasteiger partial charge in [0.2, 0.25) is 0 Å². The third-order valence-corrected chi connectivity index (χ3v) is 2.75. The third kappa shape index (κ3) is 1.61. The highest BCUT2D eigenvalue weighted by atomic mass is 16.3. The van der Waals surface area contributed by atoms with Gasteiger partial charge in [0.1, 0.15) is 0 Å². The molecule has 3 heteroatoms. The molecule has 0 atom stereocenters. The van der Waals surface area contributed by atoms with Crippen molar-refractivity contribution in [3.8, 4) is 0 Å². The Balaban J connectivity index is 2.06. The number of nitrogens with zero attached hydrogens (tertiary/aromatic N) is 2. The summed E-state index contributed by atoms with van der Waals surface area (Å²) in [5, 5.41) is 13.5. The molecular formula is C10H16N2O. The van der Waals surface area contributed by atoms with Gasteiger partial charge in [0.25, 0.3) is 0 Å². The molecule has 0 aromatic carbocycles.